The summed E-state index contributed by atoms with van der Waals surface area (Å²) in [5.74, 6) is 0.738. The molecule has 1 saturated heterocycles. The second kappa shape index (κ2) is 9.43. The van der Waals surface area contributed by atoms with Crippen LogP contribution < -0.4 is 10.2 Å². The molecule has 2 aromatic carbocycles. The van der Waals surface area contributed by atoms with Gasteiger partial charge in [0, 0.05) is 46.1 Å². The number of hydrogen-bond donors (Lipinski definition) is 1. The number of ether oxygens (including phenoxy) is 1. The smallest absolute Gasteiger partial charge is 0.255 e. The van der Waals surface area contributed by atoms with E-state index in [9.17, 15) is 4.79 Å². The normalized spacial score (nSPS) is 14.0. The summed E-state index contributed by atoms with van der Waals surface area (Å²) < 4.78 is 5.39. The van der Waals surface area contributed by atoms with Crippen LogP contribution in [-0.2, 0) is 10.5 Å². The molecular formula is C22H23N3O2S2. The molecule has 0 spiro atoms. The molecule has 1 aliphatic rings. The monoisotopic (exact) mass is 425 g/mol. The van der Waals surface area contributed by atoms with Crippen LogP contribution in [0.2, 0.25) is 0 Å². The van der Waals surface area contributed by atoms with Crippen LogP contribution in [-0.4, -0.2) is 37.2 Å². The molecule has 0 radical (unpaired) electrons. The molecule has 1 aliphatic heterocycles. The second-order valence-corrected chi connectivity index (χ2v) is 8.88. The number of hydrogen-bond acceptors (Lipinski definition) is 6. The fourth-order valence-electron chi connectivity index (χ4n) is 3.11. The average Bonchev–Trinajstić information content (AvgIpc) is 3.19. The van der Waals surface area contributed by atoms with Gasteiger partial charge in [-0.05, 0) is 55.5 Å². The SMILES string of the molecule is Cc1nc(CSc2ccc(C(=O)Nc3ccc(N4CCOCC4)cc3)cc2)cs1. The van der Waals surface area contributed by atoms with Crippen LogP contribution in [0.15, 0.2) is 58.8 Å². The van der Waals surface area contributed by atoms with E-state index in [1.165, 1.54) is 0 Å². The summed E-state index contributed by atoms with van der Waals surface area (Å²) in [6.45, 7) is 5.34. The number of nitrogens with zero attached hydrogens (tertiary/aromatic N) is 2. The van der Waals surface area contributed by atoms with Crippen LogP contribution >= 0.6 is 23.1 Å². The van der Waals surface area contributed by atoms with Crippen molar-refractivity contribution in [3.63, 3.8) is 0 Å². The predicted octanol–water partition coefficient (Wildman–Crippen LogP) is 4.83. The van der Waals surface area contributed by atoms with Crippen LogP contribution in [0.1, 0.15) is 21.1 Å². The number of anilines is 2. The maximum Gasteiger partial charge on any atom is 0.255 e. The summed E-state index contributed by atoms with van der Waals surface area (Å²) in [5.41, 5.74) is 3.70. The minimum absolute atomic E-state index is 0.101. The van der Waals surface area contributed by atoms with Crippen LogP contribution in [0.25, 0.3) is 0 Å². The van der Waals surface area contributed by atoms with Gasteiger partial charge in [-0.25, -0.2) is 4.98 Å². The first-order chi connectivity index (χ1) is 14.2. The molecule has 29 heavy (non-hydrogen) atoms. The first-order valence-electron chi connectivity index (χ1n) is 9.55. The maximum atomic E-state index is 12.5. The number of aryl methyl sites for hydroxylation is 1. The summed E-state index contributed by atoms with van der Waals surface area (Å²) in [6, 6.07) is 15.7. The highest BCUT2D eigenvalue weighted by atomic mass is 32.2. The Morgan fingerprint density at radius 3 is 2.52 bits per heavy atom. The van der Waals surface area contributed by atoms with E-state index < -0.39 is 0 Å². The molecule has 1 N–H and O–H groups in total. The minimum atomic E-state index is -0.101. The summed E-state index contributed by atoms with van der Waals surface area (Å²) in [7, 11) is 0. The highest BCUT2D eigenvalue weighted by molar-refractivity contribution is 7.98. The van der Waals surface area contributed by atoms with Gasteiger partial charge in [-0.15, -0.1) is 23.1 Å². The molecule has 0 saturated carbocycles. The summed E-state index contributed by atoms with van der Waals surface area (Å²) in [5, 5.41) is 6.15. The number of amides is 1. The quantitative estimate of drug-likeness (QED) is 0.573. The van der Waals surface area contributed by atoms with Crippen molar-refractivity contribution in [1.82, 2.24) is 4.98 Å². The van der Waals surface area contributed by atoms with Crippen molar-refractivity contribution in [2.45, 2.75) is 17.6 Å². The van der Waals surface area contributed by atoms with E-state index in [2.05, 4.69) is 20.6 Å². The standard InChI is InChI=1S/C22H23N3O2S2/c1-16-23-19(14-28-16)15-29-21-8-2-17(3-9-21)22(26)24-18-4-6-20(7-5-18)25-10-12-27-13-11-25/h2-9,14H,10-13,15H2,1H3,(H,24,26). The first-order valence-corrected chi connectivity index (χ1v) is 11.4. The van der Waals surface area contributed by atoms with Crippen LogP contribution in [0.4, 0.5) is 11.4 Å². The topological polar surface area (TPSA) is 54.5 Å². The maximum absolute atomic E-state index is 12.5. The van der Waals surface area contributed by atoms with E-state index in [0.717, 1.165) is 59.0 Å². The molecule has 7 heteroatoms. The molecule has 0 bridgehead atoms. The van der Waals surface area contributed by atoms with Gasteiger partial charge < -0.3 is 15.0 Å². The lowest BCUT2D eigenvalue weighted by Crippen LogP contribution is -2.36. The van der Waals surface area contributed by atoms with Crippen molar-refractivity contribution in [1.29, 1.82) is 0 Å². The molecule has 0 atom stereocenters. The van der Waals surface area contributed by atoms with Gasteiger partial charge in [0.25, 0.3) is 5.91 Å². The zero-order chi connectivity index (χ0) is 20.1. The lowest BCUT2D eigenvalue weighted by Gasteiger charge is -2.28. The fraction of sp³-hybridized carbons (Fsp3) is 0.273. The third kappa shape index (κ3) is 5.38. The van der Waals surface area contributed by atoms with Gasteiger partial charge in [0.15, 0.2) is 0 Å². The van der Waals surface area contributed by atoms with Gasteiger partial charge in [-0.1, -0.05) is 0 Å². The lowest BCUT2D eigenvalue weighted by molar-refractivity contribution is 0.102. The van der Waals surface area contributed by atoms with Gasteiger partial charge >= 0.3 is 0 Å². The molecule has 1 aromatic heterocycles. The van der Waals surface area contributed by atoms with Crippen LogP contribution in [0.5, 0.6) is 0 Å². The Morgan fingerprint density at radius 2 is 1.86 bits per heavy atom. The minimum Gasteiger partial charge on any atom is -0.378 e. The number of morpholine rings is 1. The van der Waals surface area contributed by atoms with Gasteiger partial charge in [0.2, 0.25) is 0 Å². The van der Waals surface area contributed by atoms with Crippen molar-refractivity contribution in [2.75, 3.05) is 36.5 Å². The van der Waals surface area contributed by atoms with Crippen molar-refractivity contribution in [2.24, 2.45) is 0 Å². The highest BCUT2D eigenvalue weighted by Gasteiger charge is 2.12. The van der Waals surface area contributed by atoms with E-state index in [-0.39, 0.29) is 5.91 Å². The molecule has 0 aliphatic carbocycles. The largest absolute Gasteiger partial charge is 0.378 e. The van der Waals surface area contributed by atoms with Crippen molar-refractivity contribution >= 4 is 40.4 Å². The molecular weight excluding hydrogens is 402 g/mol. The Hall–Kier alpha value is -2.35. The lowest BCUT2D eigenvalue weighted by atomic mass is 10.2. The third-order valence-corrected chi connectivity index (χ3v) is 6.54. The summed E-state index contributed by atoms with van der Waals surface area (Å²) in [4.78, 5) is 20.4. The highest BCUT2D eigenvalue weighted by Crippen LogP contribution is 2.24. The molecule has 2 heterocycles. The fourth-order valence-corrected chi connectivity index (χ4v) is 4.62. The number of rotatable bonds is 6. The van der Waals surface area contributed by atoms with Crippen LogP contribution in [0, 0.1) is 6.92 Å². The number of thioether (sulfide) groups is 1. The first kappa shape index (κ1) is 19.9. The number of benzene rings is 2. The van der Waals surface area contributed by atoms with E-state index in [0.29, 0.717) is 5.56 Å². The van der Waals surface area contributed by atoms with Crippen molar-refractivity contribution in [3.8, 4) is 0 Å². The molecule has 5 nitrogen and oxygen atoms in total. The summed E-state index contributed by atoms with van der Waals surface area (Å²) >= 11 is 3.40. The molecule has 150 valence electrons. The zero-order valence-electron chi connectivity index (χ0n) is 16.3. The number of carbonyl (C=O) groups is 1. The molecule has 1 amide bonds. The molecule has 0 unspecified atom stereocenters. The Bertz CT molecular complexity index is 949. The van der Waals surface area contributed by atoms with Crippen LogP contribution in [0.3, 0.4) is 0 Å². The number of aromatic nitrogens is 1. The third-order valence-electron chi connectivity index (χ3n) is 4.67. The number of nitrogens with one attached hydrogen (secondary N) is 1. The second-order valence-electron chi connectivity index (χ2n) is 6.77. The van der Waals surface area contributed by atoms with Gasteiger partial charge in [-0.3, -0.25) is 4.79 Å². The Labute approximate surface area is 179 Å². The van der Waals surface area contributed by atoms with Gasteiger partial charge in [-0.2, -0.15) is 0 Å². The van der Waals surface area contributed by atoms with E-state index >= 15 is 0 Å². The molecule has 4 rings (SSSR count). The van der Waals surface area contributed by atoms with Gasteiger partial charge in [0.1, 0.15) is 0 Å². The van der Waals surface area contributed by atoms with E-state index in [4.69, 9.17) is 4.74 Å². The zero-order valence-corrected chi connectivity index (χ0v) is 17.9. The Morgan fingerprint density at radius 1 is 1.14 bits per heavy atom. The van der Waals surface area contributed by atoms with E-state index in [1.807, 2.05) is 55.5 Å². The van der Waals surface area contributed by atoms with E-state index in [1.54, 1.807) is 23.1 Å². The Balaban J connectivity index is 1.32. The number of thiazole rings is 1. The van der Waals surface area contributed by atoms with Crippen molar-refractivity contribution in [3.05, 3.63) is 70.2 Å². The molecule has 1 fully saturated rings. The average molecular weight is 426 g/mol. The molecule has 3 aromatic rings. The summed E-state index contributed by atoms with van der Waals surface area (Å²) in [6.07, 6.45) is 0. The predicted molar refractivity (Wildman–Crippen MR) is 120 cm³/mol. The van der Waals surface area contributed by atoms with Crippen molar-refractivity contribution < 1.29 is 9.53 Å². The Kier molecular flexibility index (Phi) is 6.49. The number of carbonyl (C=O) groups excluding carboxylic acids is 1. The van der Waals surface area contributed by atoms with Gasteiger partial charge in [0.05, 0.1) is 23.9 Å².